The number of fused-ring (bicyclic) bond motifs is 1. The molecule has 2 aliphatic heterocycles. The summed E-state index contributed by atoms with van der Waals surface area (Å²) in [7, 11) is 1.95. The van der Waals surface area contributed by atoms with E-state index in [9.17, 15) is 9.59 Å². The molecule has 24 heavy (non-hydrogen) atoms. The van der Waals surface area contributed by atoms with Crippen LogP contribution in [0.15, 0.2) is 0 Å². The molecule has 1 N–H and O–H groups in total. The van der Waals surface area contributed by atoms with Gasteiger partial charge >= 0.3 is 0 Å². The number of aromatic nitrogens is 2. The molecule has 0 atom stereocenters. The molecule has 2 aliphatic rings. The first-order valence-corrected chi connectivity index (χ1v) is 8.81. The minimum absolute atomic E-state index is 0.0406. The van der Waals surface area contributed by atoms with Crippen LogP contribution in [0.3, 0.4) is 0 Å². The topological polar surface area (TPSA) is 76.5 Å². The molecule has 0 aromatic carbocycles. The molecule has 1 saturated heterocycles. The van der Waals surface area contributed by atoms with Gasteiger partial charge in [0.15, 0.2) is 0 Å². The Balaban J connectivity index is 1.37. The van der Waals surface area contributed by atoms with Gasteiger partial charge in [-0.25, -0.2) is 0 Å². The van der Waals surface area contributed by atoms with Gasteiger partial charge in [-0.15, -0.1) is 0 Å². The van der Waals surface area contributed by atoms with Crippen LogP contribution in [0.25, 0.3) is 0 Å². The Morgan fingerprint density at radius 3 is 3.04 bits per heavy atom. The van der Waals surface area contributed by atoms with Crippen LogP contribution in [0.4, 0.5) is 0 Å². The van der Waals surface area contributed by atoms with Crippen molar-refractivity contribution < 1.29 is 14.3 Å². The summed E-state index contributed by atoms with van der Waals surface area (Å²) >= 11 is 0. The average Bonchev–Trinajstić information content (AvgIpc) is 3.14. The summed E-state index contributed by atoms with van der Waals surface area (Å²) in [5.74, 6) is 0.280. The van der Waals surface area contributed by atoms with Gasteiger partial charge in [0.25, 0.3) is 0 Å². The second-order valence-corrected chi connectivity index (χ2v) is 6.49. The molecular weight excluding hydrogens is 308 g/mol. The van der Waals surface area contributed by atoms with Crippen LogP contribution in [0, 0.1) is 0 Å². The van der Waals surface area contributed by atoms with Gasteiger partial charge in [0, 0.05) is 63.6 Å². The molecule has 7 heteroatoms. The Labute approximate surface area is 142 Å². The van der Waals surface area contributed by atoms with E-state index >= 15 is 0 Å². The lowest BCUT2D eigenvalue weighted by atomic mass is 10.1. The molecule has 0 aliphatic carbocycles. The predicted octanol–water partition coefficient (Wildman–Crippen LogP) is 0.554. The Morgan fingerprint density at radius 1 is 1.38 bits per heavy atom. The fraction of sp³-hybridized carbons (Fsp3) is 0.706. The summed E-state index contributed by atoms with van der Waals surface area (Å²) in [6, 6.07) is 0. The molecule has 1 aromatic rings. The zero-order valence-corrected chi connectivity index (χ0v) is 14.3. The highest BCUT2D eigenvalue weighted by Crippen LogP contribution is 2.21. The van der Waals surface area contributed by atoms with Gasteiger partial charge in [-0.1, -0.05) is 0 Å². The smallest absolute Gasteiger partial charge is 0.222 e. The molecule has 0 radical (unpaired) electrons. The van der Waals surface area contributed by atoms with Crippen molar-refractivity contribution in [3.8, 4) is 0 Å². The van der Waals surface area contributed by atoms with E-state index in [0.717, 1.165) is 50.2 Å². The Morgan fingerprint density at radius 2 is 2.25 bits per heavy atom. The Bertz CT molecular complexity index is 611. The Hall–Kier alpha value is -1.89. The summed E-state index contributed by atoms with van der Waals surface area (Å²) in [4.78, 5) is 25.4. The maximum absolute atomic E-state index is 12.0. The number of nitrogens with zero attached hydrogens (tertiary/aromatic N) is 3. The number of nitrogens with one attached hydrogen (secondary N) is 1. The van der Waals surface area contributed by atoms with Crippen LogP contribution >= 0.6 is 0 Å². The van der Waals surface area contributed by atoms with Crippen LogP contribution in [0.2, 0.25) is 0 Å². The lowest BCUT2D eigenvalue weighted by Crippen LogP contribution is -2.30. The van der Waals surface area contributed by atoms with Gasteiger partial charge in [-0.3, -0.25) is 14.3 Å². The van der Waals surface area contributed by atoms with E-state index in [1.54, 1.807) is 0 Å². The van der Waals surface area contributed by atoms with Gasteiger partial charge in [-0.05, 0) is 12.8 Å². The van der Waals surface area contributed by atoms with Crippen LogP contribution in [0.5, 0.6) is 0 Å². The standard InChI is InChI=1S/C17H26N4O3/c1-20-15-7-11-24-12-13(15)14(19-20)5-6-16(22)18-8-3-10-21-9-2-4-17(21)23/h2-12H2,1H3,(H,18,22). The third-order valence-electron chi connectivity index (χ3n) is 4.77. The van der Waals surface area contributed by atoms with E-state index in [1.165, 1.54) is 5.69 Å². The van der Waals surface area contributed by atoms with E-state index in [4.69, 9.17) is 4.74 Å². The molecule has 3 rings (SSSR count). The molecule has 0 bridgehead atoms. The highest BCUT2D eigenvalue weighted by molar-refractivity contribution is 5.78. The third kappa shape index (κ3) is 3.95. The fourth-order valence-electron chi connectivity index (χ4n) is 3.45. The zero-order chi connectivity index (χ0) is 16.9. The van der Waals surface area contributed by atoms with E-state index in [0.29, 0.717) is 32.4 Å². The quantitative estimate of drug-likeness (QED) is 0.739. The van der Waals surface area contributed by atoms with Crippen molar-refractivity contribution >= 4 is 11.8 Å². The molecule has 7 nitrogen and oxygen atoms in total. The second-order valence-electron chi connectivity index (χ2n) is 6.49. The van der Waals surface area contributed by atoms with E-state index in [2.05, 4.69) is 10.4 Å². The SMILES string of the molecule is Cn1nc(CCC(=O)NCCCN2CCCC2=O)c2c1CCOC2. The summed E-state index contributed by atoms with van der Waals surface area (Å²) in [6.45, 7) is 3.56. The van der Waals surface area contributed by atoms with Crippen molar-refractivity contribution in [2.45, 2.75) is 45.1 Å². The van der Waals surface area contributed by atoms with Gasteiger partial charge < -0.3 is 15.0 Å². The minimum atomic E-state index is 0.0406. The normalized spacial score (nSPS) is 17.2. The first kappa shape index (κ1) is 17.0. The van der Waals surface area contributed by atoms with Crippen LogP contribution < -0.4 is 5.32 Å². The molecule has 1 fully saturated rings. The molecule has 2 amide bonds. The summed E-state index contributed by atoms with van der Waals surface area (Å²) in [5.41, 5.74) is 3.36. The molecule has 132 valence electrons. The summed E-state index contributed by atoms with van der Waals surface area (Å²) < 4.78 is 7.42. The van der Waals surface area contributed by atoms with Crippen LogP contribution in [-0.4, -0.2) is 52.7 Å². The van der Waals surface area contributed by atoms with E-state index in [-0.39, 0.29) is 11.8 Å². The maximum Gasteiger partial charge on any atom is 0.222 e. The van der Waals surface area contributed by atoms with Crippen molar-refractivity contribution in [1.82, 2.24) is 20.0 Å². The van der Waals surface area contributed by atoms with Crippen molar-refractivity contribution in [3.63, 3.8) is 0 Å². The number of aryl methyl sites for hydroxylation is 2. The molecule has 0 saturated carbocycles. The van der Waals surface area contributed by atoms with Crippen LogP contribution in [-0.2, 0) is 40.8 Å². The monoisotopic (exact) mass is 334 g/mol. The molecular formula is C17H26N4O3. The first-order valence-electron chi connectivity index (χ1n) is 8.81. The van der Waals surface area contributed by atoms with Gasteiger partial charge in [0.2, 0.25) is 11.8 Å². The molecule has 3 heterocycles. The highest BCUT2D eigenvalue weighted by Gasteiger charge is 2.20. The van der Waals surface area contributed by atoms with Crippen LogP contribution in [0.1, 0.15) is 42.6 Å². The van der Waals surface area contributed by atoms with Crippen molar-refractivity contribution in [2.75, 3.05) is 26.2 Å². The summed E-state index contributed by atoms with van der Waals surface area (Å²) in [5, 5.41) is 7.47. The largest absolute Gasteiger partial charge is 0.376 e. The van der Waals surface area contributed by atoms with E-state index < -0.39 is 0 Å². The van der Waals surface area contributed by atoms with Gasteiger partial charge in [0.05, 0.1) is 18.9 Å². The first-order chi connectivity index (χ1) is 11.6. The number of ether oxygens (including phenoxy) is 1. The van der Waals surface area contributed by atoms with E-state index in [1.807, 2.05) is 16.6 Å². The number of likely N-dealkylation sites (tertiary alicyclic amines) is 1. The highest BCUT2D eigenvalue weighted by atomic mass is 16.5. The third-order valence-corrected chi connectivity index (χ3v) is 4.77. The van der Waals surface area contributed by atoms with Gasteiger partial charge in [0.1, 0.15) is 0 Å². The second kappa shape index (κ2) is 7.79. The van der Waals surface area contributed by atoms with Crippen molar-refractivity contribution in [3.05, 3.63) is 17.0 Å². The molecule has 0 unspecified atom stereocenters. The van der Waals surface area contributed by atoms with Crippen molar-refractivity contribution in [1.29, 1.82) is 0 Å². The number of carbonyl (C=O) groups is 2. The fourth-order valence-corrected chi connectivity index (χ4v) is 3.45. The number of hydrogen-bond donors (Lipinski definition) is 1. The van der Waals surface area contributed by atoms with Gasteiger partial charge in [-0.2, -0.15) is 5.10 Å². The number of carbonyl (C=O) groups excluding carboxylic acids is 2. The maximum atomic E-state index is 12.0. The molecule has 0 spiro atoms. The van der Waals surface area contributed by atoms with Crippen molar-refractivity contribution in [2.24, 2.45) is 7.05 Å². The zero-order valence-electron chi connectivity index (χ0n) is 14.3. The number of hydrogen-bond acceptors (Lipinski definition) is 4. The number of amides is 2. The lowest BCUT2D eigenvalue weighted by molar-refractivity contribution is -0.127. The Kier molecular flexibility index (Phi) is 5.50. The lowest BCUT2D eigenvalue weighted by Gasteiger charge is -2.15. The molecule has 1 aromatic heterocycles. The predicted molar refractivity (Wildman–Crippen MR) is 88.3 cm³/mol. The number of rotatable bonds is 7. The minimum Gasteiger partial charge on any atom is -0.376 e. The average molecular weight is 334 g/mol. The summed E-state index contributed by atoms with van der Waals surface area (Å²) in [6.07, 6.45) is 4.41.